The van der Waals surface area contributed by atoms with Gasteiger partial charge in [0, 0.05) is 16.7 Å². The summed E-state index contributed by atoms with van der Waals surface area (Å²) in [5.41, 5.74) is 4.43. The van der Waals surface area contributed by atoms with Gasteiger partial charge in [-0.2, -0.15) is 4.68 Å². The van der Waals surface area contributed by atoms with Crippen LogP contribution in [0, 0.1) is 13.8 Å². The van der Waals surface area contributed by atoms with Crippen LogP contribution in [0.2, 0.25) is 0 Å². The number of carbonyl (C=O) groups excluding carboxylic acids is 3. The molecule has 5 rings (SSSR count). The molecular weight excluding hydrogens is 450 g/mol. The number of hydrogen-bond donors (Lipinski definition) is 1. The Bertz CT molecular complexity index is 1480. The molecule has 0 saturated heterocycles. The van der Waals surface area contributed by atoms with Crippen molar-refractivity contribution in [3.8, 4) is 5.69 Å². The number of amides is 1. The second-order valence-electron chi connectivity index (χ2n) is 7.93. The molecule has 1 N–H and O–H groups in total. The molecule has 0 fully saturated rings. The molecule has 1 aromatic heterocycles. The molecule has 1 amide bonds. The molecule has 1 aliphatic rings. The van der Waals surface area contributed by atoms with Crippen molar-refractivity contribution in [1.29, 1.82) is 0 Å². The lowest BCUT2D eigenvalue weighted by Crippen LogP contribution is -2.24. The van der Waals surface area contributed by atoms with E-state index >= 15 is 0 Å². The zero-order chi connectivity index (χ0) is 23.8. The average molecular weight is 470 g/mol. The van der Waals surface area contributed by atoms with Crippen LogP contribution >= 0.6 is 11.8 Å². The number of rotatable bonds is 5. The van der Waals surface area contributed by atoms with E-state index in [1.165, 1.54) is 11.8 Å². The third-order valence-electron chi connectivity index (χ3n) is 5.59. The van der Waals surface area contributed by atoms with Gasteiger partial charge in [-0.15, -0.1) is 5.10 Å². The Kier molecular flexibility index (Phi) is 5.54. The Morgan fingerprint density at radius 1 is 0.941 bits per heavy atom. The molecule has 0 unspecified atom stereocenters. The third-order valence-corrected chi connectivity index (χ3v) is 6.51. The van der Waals surface area contributed by atoms with Gasteiger partial charge in [0.25, 0.3) is 0 Å². The van der Waals surface area contributed by atoms with Gasteiger partial charge >= 0.3 is 0 Å². The van der Waals surface area contributed by atoms with E-state index in [0.717, 1.165) is 16.8 Å². The number of aryl methyl sites for hydroxylation is 2. The number of nitrogens with one attached hydrogen (secondary N) is 1. The van der Waals surface area contributed by atoms with Gasteiger partial charge in [0.2, 0.25) is 11.1 Å². The van der Waals surface area contributed by atoms with Crippen molar-refractivity contribution in [3.05, 3.63) is 94.0 Å². The van der Waals surface area contributed by atoms with Crippen molar-refractivity contribution >= 4 is 34.9 Å². The molecule has 4 aromatic rings. The van der Waals surface area contributed by atoms with Crippen molar-refractivity contribution in [2.45, 2.75) is 19.0 Å². The van der Waals surface area contributed by atoms with Gasteiger partial charge in [0.15, 0.2) is 11.6 Å². The molecule has 3 aromatic carbocycles. The Morgan fingerprint density at radius 3 is 2.47 bits per heavy atom. The van der Waals surface area contributed by atoms with E-state index in [9.17, 15) is 14.4 Å². The first kappa shape index (κ1) is 21.7. The maximum atomic E-state index is 13.1. The number of anilines is 1. The Hall–Kier alpha value is -4.11. The Labute approximate surface area is 199 Å². The second kappa shape index (κ2) is 8.68. The fourth-order valence-corrected chi connectivity index (χ4v) is 4.62. The number of aromatic nitrogens is 4. The van der Waals surface area contributed by atoms with Crippen molar-refractivity contribution in [2.24, 2.45) is 0 Å². The Balaban J connectivity index is 1.36. The van der Waals surface area contributed by atoms with Gasteiger partial charge in [-0.3, -0.25) is 14.4 Å². The first-order chi connectivity index (χ1) is 16.4. The molecule has 9 heteroatoms. The highest BCUT2D eigenvalue weighted by Gasteiger charge is 2.31. The normalized spacial score (nSPS) is 12.3. The molecular formula is C25H19N5O3S. The largest absolute Gasteiger partial charge is 0.325 e. The number of tetrazole rings is 1. The van der Waals surface area contributed by atoms with Gasteiger partial charge in [0.05, 0.1) is 22.7 Å². The number of fused-ring (bicyclic) bond motifs is 2. The number of benzene rings is 3. The first-order valence-electron chi connectivity index (χ1n) is 10.5. The second-order valence-corrected chi connectivity index (χ2v) is 8.87. The number of carbonyl (C=O) groups is 3. The van der Waals surface area contributed by atoms with Crippen LogP contribution in [0.4, 0.5) is 5.69 Å². The number of nitrogens with zero attached hydrogens (tertiary/aromatic N) is 4. The minimum absolute atomic E-state index is 0.0215. The van der Waals surface area contributed by atoms with Crippen molar-refractivity contribution in [3.63, 3.8) is 0 Å². The number of ketones is 2. The fourth-order valence-electron chi connectivity index (χ4n) is 3.93. The lowest BCUT2D eigenvalue weighted by atomic mass is 9.83. The minimum atomic E-state index is -0.340. The predicted molar refractivity (Wildman–Crippen MR) is 128 cm³/mol. The van der Waals surface area contributed by atoms with E-state index < -0.39 is 0 Å². The maximum Gasteiger partial charge on any atom is 0.234 e. The number of hydrogen-bond acceptors (Lipinski definition) is 7. The monoisotopic (exact) mass is 469 g/mol. The quantitative estimate of drug-likeness (QED) is 0.390. The minimum Gasteiger partial charge on any atom is -0.325 e. The van der Waals surface area contributed by atoms with E-state index in [2.05, 4.69) is 20.8 Å². The zero-order valence-corrected chi connectivity index (χ0v) is 19.2. The molecule has 0 radical (unpaired) electrons. The molecule has 1 aliphatic carbocycles. The summed E-state index contributed by atoms with van der Waals surface area (Å²) in [5.74, 6) is -0.836. The van der Waals surface area contributed by atoms with Crippen LogP contribution in [-0.4, -0.2) is 43.4 Å². The third kappa shape index (κ3) is 3.80. The summed E-state index contributed by atoms with van der Waals surface area (Å²) in [4.78, 5) is 38.8. The molecule has 0 atom stereocenters. The topological polar surface area (TPSA) is 107 Å². The lowest BCUT2D eigenvalue weighted by molar-refractivity contribution is -0.113. The molecule has 168 valence electrons. The van der Waals surface area contributed by atoms with E-state index in [1.54, 1.807) is 47.1 Å². The average Bonchev–Trinajstić information content (AvgIpc) is 3.31. The first-order valence-corrected chi connectivity index (χ1v) is 11.5. The highest BCUT2D eigenvalue weighted by Crippen LogP contribution is 2.32. The fraction of sp³-hybridized carbons (Fsp3) is 0.120. The van der Waals surface area contributed by atoms with Gasteiger partial charge < -0.3 is 5.32 Å². The van der Waals surface area contributed by atoms with Crippen LogP contribution in [0.25, 0.3) is 5.69 Å². The lowest BCUT2D eigenvalue weighted by Gasteiger charge is -2.20. The Morgan fingerprint density at radius 2 is 1.68 bits per heavy atom. The summed E-state index contributed by atoms with van der Waals surface area (Å²) < 4.78 is 1.60. The predicted octanol–water partition coefficient (Wildman–Crippen LogP) is 3.79. The molecule has 8 nitrogen and oxygen atoms in total. The zero-order valence-electron chi connectivity index (χ0n) is 18.4. The van der Waals surface area contributed by atoms with Crippen LogP contribution in [-0.2, 0) is 4.79 Å². The SMILES string of the molecule is Cc1ccc(C)c(-n2nnnc2SCC(=O)Nc2cccc3c2C(=O)c2ccccc2C3=O)c1. The van der Waals surface area contributed by atoms with Crippen molar-refractivity contribution in [2.75, 3.05) is 11.1 Å². The van der Waals surface area contributed by atoms with Crippen LogP contribution in [0.5, 0.6) is 0 Å². The van der Waals surface area contributed by atoms with E-state index in [0.29, 0.717) is 22.0 Å². The standard InChI is InChI=1S/C25H19N5O3S/c1-14-10-11-15(2)20(12-14)30-25(27-28-29-30)34-13-21(31)26-19-9-5-8-18-22(19)24(33)17-7-4-3-6-16(17)23(18)32/h3-12H,13H2,1-2H3,(H,26,31). The smallest absolute Gasteiger partial charge is 0.234 e. The van der Waals surface area contributed by atoms with E-state index in [-0.39, 0.29) is 34.4 Å². The summed E-state index contributed by atoms with van der Waals surface area (Å²) in [7, 11) is 0. The van der Waals surface area contributed by atoms with E-state index in [4.69, 9.17) is 0 Å². The van der Waals surface area contributed by atoms with Gasteiger partial charge in [-0.05, 0) is 47.5 Å². The van der Waals surface area contributed by atoms with Crippen LogP contribution in [0.3, 0.4) is 0 Å². The summed E-state index contributed by atoms with van der Waals surface area (Å²) in [6.07, 6.45) is 0. The number of thioether (sulfide) groups is 1. The van der Waals surface area contributed by atoms with Gasteiger partial charge in [-0.25, -0.2) is 0 Å². The van der Waals surface area contributed by atoms with E-state index in [1.807, 2.05) is 32.0 Å². The maximum absolute atomic E-state index is 13.1. The highest BCUT2D eigenvalue weighted by molar-refractivity contribution is 7.99. The van der Waals surface area contributed by atoms with Gasteiger partial charge in [0.1, 0.15) is 0 Å². The van der Waals surface area contributed by atoms with Crippen LogP contribution in [0.1, 0.15) is 43.0 Å². The molecule has 34 heavy (non-hydrogen) atoms. The molecule has 0 saturated carbocycles. The van der Waals surface area contributed by atoms with Gasteiger partial charge in [-0.1, -0.05) is 60.3 Å². The van der Waals surface area contributed by atoms with Crippen LogP contribution in [0.15, 0.2) is 65.8 Å². The molecule has 0 bridgehead atoms. The van der Waals surface area contributed by atoms with Crippen LogP contribution < -0.4 is 5.32 Å². The van der Waals surface area contributed by atoms with Crippen molar-refractivity contribution in [1.82, 2.24) is 20.2 Å². The summed E-state index contributed by atoms with van der Waals surface area (Å²) >= 11 is 1.18. The summed E-state index contributed by atoms with van der Waals surface area (Å²) in [6, 6.07) is 17.6. The molecule has 0 aliphatic heterocycles. The summed E-state index contributed by atoms with van der Waals surface area (Å²) in [6.45, 7) is 3.95. The molecule has 1 heterocycles. The molecule has 0 spiro atoms. The van der Waals surface area contributed by atoms with Crippen molar-refractivity contribution < 1.29 is 14.4 Å². The summed E-state index contributed by atoms with van der Waals surface area (Å²) in [5, 5.41) is 15.1. The highest BCUT2D eigenvalue weighted by atomic mass is 32.2.